The fourth-order valence-corrected chi connectivity index (χ4v) is 3.41. The highest BCUT2D eigenvalue weighted by molar-refractivity contribution is 5.23. The van der Waals surface area contributed by atoms with Crippen molar-refractivity contribution in [1.82, 2.24) is 4.90 Å². The SMILES string of the molecule is Cc1ccc(C(N)CCN2CC(C)(C)OC(C)(C)C2)cc1. The second kappa shape index (κ2) is 6.07. The van der Waals surface area contributed by atoms with Crippen molar-refractivity contribution in [3.63, 3.8) is 0 Å². The standard InChI is InChI=1S/C18H30N2O/c1-14-6-8-15(9-7-14)16(19)10-11-20-12-17(2,3)21-18(4,5)13-20/h6-9,16H,10-13,19H2,1-5H3. The molecule has 1 saturated heterocycles. The molecule has 3 nitrogen and oxygen atoms in total. The molecular formula is C18H30N2O. The molecule has 1 aromatic carbocycles. The third-order valence-corrected chi connectivity index (χ3v) is 4.02. The summed E-state index contributed by atoms with van der Waals surface area (Å²) in [6, 6.07) is 8.67. The minimum Gasteiger partial charge on any atom is -0.367 e. The van der Waals surface area contributed by atoms with E-state index in [0.29, 0.717) is 0 Å². The molecule has 21 heavy (non-hydrogen) atoms. The van der Waals surface area contributed by atoms with Crippen LogP contribution in [0.15, 0.2) is 24.3 Å². The second-order valence-corrected chi connectivity index (χ2v) is 7.64. The van der Waals surface area contributed by atoms with Gasteiger partial charge in [0.25, 0.3) is 0 Å². The summed E-state index contributed by atoms with van der Waals surface area (Å²) in [7, 11) is 0. The summed E-state index contributed by atoms with van der Waals surface area (Å²) >= 11 is 0. The first-order valence-corrected chi connectivity index (χ1v) is 7.92. The molecule has 1 heterocycles. The first-order valence-electron chi connectivity index (χ1n) is 7.92. The molecule has 0 spiro atoms. The van der Waals surface area contributed by atoms with Gasteiger partial charge in [0.2, 0.25) is 0 Å². The van der Waals surface area contributed by atoms with Crippen LogP contribution in [0.5, 0.6) is 0 Å². The van der Waals surface area contributed by atoms with Gasteiger partial charge in [-0.25, -0.2) is 0 Å². The summed E-state index contributed by atoms with van der Waals surface area (Å²) in [5.74, 6) is 0. The normalized spacial score (nSPS) is 23.0. The van der Waals surface area contributed by atoms with Crippen LogP contribution in [0.3, 0.4) is 0 Å². The van der Waals surface area contributed by atoms with Gasteiger partial charge < -0.3 is 10.5 Å². The second-order valence-electron chi connectivity index (χ2n) is 7.64. The van der Waals surface area contributed by atoms with Crippen LogP contribution in [-0.4, -0.2) is 35.7 Å². The molecule has 3 heteroatoms. The van der Waals surface area contributed by atoms with Gasteiger partial charge in [-0.2, -0.15) is 0 Å². The molecule has 2 rings (SSSR count). The van der Waals surface area contributed by atoms with Gasteiger partial charge in [-0.1, -0.05) is 29.8 Å². The Bertz CT molecular complexity index is 449. The molecule has 1 fully saturated rings. The Balaban J connectivity index is 1.91. The molecule has 1 unspecified atom stereocenters. The highest BCUT2D eigenvalue weighted by Crippen LogP contribution is 2.28. The zero-order valence-electron chi connectivity index (χ0n) is 14.1. The Hall–Kier alpha value is -0.900. The zero-order chi connectivity index (χ0) is 15.7. The lowest BCUT2D eigenvalue weighted by Crippen LogP contribution is -2.57. The van der Waals surface area contributed by atoms with E-state index < -0.39 is 0 Å². The third-order valence-electron chi connectivity index (χ3n) is 4.02. The molecular weight excluding hydrogens is 260 g/mol. The molecule has 1 aliphatic rings. The van der Waals surface area contributed by atoms with E-state index in [4.69, 9.17) is 10.5 Å². The van der Waals surface area contributed by atoms with Crippen LogP contribution < -0.4 is 5.73 Å². The average molecular weight is 290 g/mol. The molecule has 0 aromatic heterocycles. The van der Waals surface area contributed by atoms with Crippen molar-refractivity contribution in [1.29, 1.82) is 0 Å². The lowest BCUT2D eigenvalue weighted by Gasteiger charge is -2.47. The Morgan fingerprint density at radius 3 is 2.14 bits per heavy atom. The highest BCUT2D eigenvalue weighted by atomic mass is 16.5. The van der Waals surface area contributed by atoms with Crippen LogP contribution in [-0.2, 0) is 4.74 Å². The van der Waals surface area contributed by atoms with Gasteiger partial charge >= 0.3 is 0 Å². The minimum atomic E-state index is -0.0876. The first-order chi connectivity index (χ1) is 9.67. The van der Waals surface area contributed by atoms with E-state index in [0.717, 1.165) is 26.1 Å². The topological polar surface area (TPSA) is 38.5 Å². The molecule has 0 saturated carbocycles. The van der Waals surface area contributed by atoms with Gasteiger partial charge in [0.05, 0.1) is 11.2 Å². The van der Waals surface area contributed by atoms with Crippen molar-refractivity contribution >= 4 is 0 Å². The number of rotatable bonds is 4. The zero-order valence-corrected chi connectivity index (χ0v) is 14.1. The van der Waals surface area contributed by atoms with Crippen molar-refractivity contribution in [2.75, 3.05) is 19.6 Å². The van der Waals surface area contributed by atoms with Gasteiger partial charge in [-0.15, -0.1) is 0 Å². The quantitative estimate of drug-likeness (QED) is 0.925. The number of nitrogens with zero attached hydrogens (tertiary/aromatic N) is 1. The Morgan fingerprint density at radius 2 is 1.62 bits per heavy atom. The predicted octanol–water partition coefficient (Wildman–Crippen LogP) is 3.27. The van der Waals surface area contributed by atoms with Gasteiger partial charge in [-0.05, 0) is 46.6 Å². The lowest BCUT2D eigenvalue weighted by molar-refractivity contribution is -0.180. The maximum atomic E-state index is 6.34. The number of hydrogen-bond acceptors (Lipinski definition) is 3. The minimum absolute atomic E-state index is 0.0876. The Kier molecular flexibility index (Phi) is 4.76. The number of benzene rings is 1. The maximum Gasteiger partial charge on any atom is 0.0760 e. The Labute approximate surface area is 129 Å². The molecule has 1 aromatic rings. The van der Waals surface area contributed by atoms with E-state index in [1.165, 1.54) is 11.1 Å². The van der Waals surface area contributed by atoms with Crippen LogP contribution >= 0.6 is 0 Å². The number of morpholine rings is 1. The monoisotopic (exact) mass is 290 g/mol. The van der Waals surface area contributed by atoms with Crippen molar-refractivity contribution in [2.24, 2.45) is 5.73 Å². The average Bonchev–Trinajstić information content (AvgIpc) is 2.33. The molecule has 0 radical (unpaired) electrons. The van der Waals surface area contributed by atoms with Crippen molar-refractivity contribution in [3.05, 3.63) is 35.4 Å². The van der Waals surface area contributed by atoms with E-state index in [1.807, 2.05) is 0 Å². The molecule has 0 aliphatic carbocycles. The van der Waals surface area contributed by atoms with E-state index in [9.17, 15) is 0 Å². The van der Waals surface area contributed by atoms with Gasteiger partial charge in [0.15, 0.2) is 0 Å². The molecule has 0 bridgehead atoms. The molecule has 1 aliphatic heterocycles. The van der Waals surface area contributed by atoms with E-state index in [2.05, 4.69) is 63.8 Å². The number of hydrogen-bond donors (Lipinski definition) is 1. The summed E-state index contributed by atoms with van der Waals surface area (Å²) in [5, 5.41) is 0. The van der Waals surface area contributed by atoms with Gasteiger partial charge in [0, 0.05) is 25.7 Å². The third kappa shape index (κ3) is 4.80. The molecule has 1 atom stereocenters. The number of nitrogens with two attached hydrogens (primary N) is 1. The smallest absolute Gasteiger partial charge is 0.0760 e. The summed E-state index contributed by atoms with van der Waals surface area (Å²) in [4.78, 5) is 2.48. The summed E-state index contributed by atoms with van der Waals surface area (Å²) in [5.41, 5.74) is 8.67. The van der Waals surface area contributed by atoms with Crippen molar-refractivity contribution < 1.29 is 4.74 Å². The van der Waals surface area contributed by atoms with Gasteiger partial charge in [-0.3, -0.25) is 4.90 Å². The predicted molar refractivity (Wildman–Crippen MR) is 88.4 cm³/mol. The van der Waals surface area contributed by atoms with Crippen LogP contribution in [0.25, 0.3) is 0 Å². The van der Waals surface area contributed by atoms with E-state index >= 15 is 0 Å². The first kappa shape index (κ1) is 16.5. The molecule has 0 amide bonds. The van der Waals surface area contributed by atoms with Crippen LogP contribution in [0.1, 0.15) is 51.3 Å². The number of aryl methyl sites for hydroxylation is 1. The highest BCUT2D eigenvalue weighted by Gasteiger charge is 2.37. The summed E-state index contributed by atoms with van der Waals surface area (Å²) in [6.45, 7) is 13.7. The summed E-state index contributed by atoms with van der Waals surface area (Å²) < 4.78 is 6.12. The van der Waals surface area contributed by atoms with Crippen LogP contribution in [0, 0.1) is 6.92 Å². The number of ether oxygens (including phenoxy) is 1. The van der Waals surface area contributed by atoms with Gasteiger partial charge in [0.1, 0.15) is 0 Å². The lowest BCUT2D eigenvalue weighted by atomic mass is 9.97. The van der Waals surface area contributed by atoms with Crippen molar-refractivity contribution in [3.8, 4) is 0 Å². The molecule has 118 valence electrons. The van der Waals surface area contributed by atoms with Crippen LogP contribution in [0.2, 0.25) is 0 Å². The van der Waals surface area contributed by atoms with E-state index in [-0.39, 0.29) is 17.2 Å². The van der Waals surface area contributed by atoms with Crippen LogP contribution in [0.4, 0.5) is 0 Å². The van der Waals surface area contributed by atoms with E-state index in [1.54, 1.807) is 0 Å². The summed E-state index contributed by atoms with van der Waals surface area (Å²) in [6.07, 6.45) is 0.981. The Morgan fingerprint density at radius 1 is 1.10 bits per heavy atom. The maximum absolute atomic E-state index is 6.34. The van der Waals surface area contributed by atoms with Crippen molar-refractivity contribution in [2.45, 2.75) is 58.3 Å². The fraction of sp³-hybridized carbons (Fsp3) is 0.667. The largest absolute Gasteiger partial charge is 0.367 e. The molecule has 2 N–H and O–H groups in total. The fourth-order valence-electron chi connectivity index (χ4n) is 3.41.